The summed E-state index contributed by atoms with van der Waals surface area (Å²) in [6, 6.07) is 10.3. The molecule has 122 valence electrons. The number of H-pyrrole nitrogens is 1. The Morgan fingerprint density at radius 1 is 1.12 bits per heavy atom. The predicted molar refractivity (Wildman–Crippen MR) is 90.6 cm³/mol. The molecular weight excluding hydrogens is 307 g/mol. The van der Waals surface area contributed by atoms with Gasteiger partial charge in [0.2, 0.25) is 0 Å². The molecule has 5 nitrogen and oxygen atoms in total. The van der Waals surface area contributed by atoms with E-state index in [0.717, 1.165) is 24.3 Å². The molecule has 24 heavy (non-hydrogen) atoms. The monoisotopic (exact) mass is 324 g/mol. The summed E-state index contributed by atoms with van der Waals surface area (Å²) in [6.07, 6.45) is 3.44. The van der Waals surface area contributed by atoms with E-state index in [2.05, 4.69) is 14.9 Å². The first-order valence-corrected chi connectivity index (χ1v) is 7.94. The van der Waals surface area contributed by atoms with Gasteiger partial charge in [-0.1, -0.05) is 6.07 Å². The van der Waals surface area contributed by atoms with Crippen LogP contribution in [-0.4, -0.2) is 47.0 Å². The Bertz CT molecular complexity index is 869. The van der Waals surface area contributed by atoms with Crippen LogP contribution >= 0.6 is 0 Å². The van der Waals surface area contributed by atoms with Crippen LogP contribution in [-0.2, 0) is 0 Å². The molecule has 3 aromatic rings. The fourth-order valence-electron chi connectivity index (χ4n) is 3.13. The molecule has 0 unspecified atom stereocenters. The molecule has 1 aliphatic rings. The molecule has 2 aromatic heterocycles. The number of fused-ring (bicyclic) bond motifs is 1. The molecule has 1 fully saturated rings. The molecule has 3 heterocycles. The third kappa shape index (κ3) is 2.60. The van der Waals surface area contributed by atoms with Gasteiger partial charge >= 0.3 is 0 Å². The number of piperazine rings is 1. The van der Waals surface area contributed by atoms with E-state index >= 15 is 0 Å². The number of halogens is 1. The molecule has 0 saturated carbocycles. The van der Waals surface area contributed by atoms with Crippen molar-refractivity contribution in [3.8, 4) is 0 Å². The predicted octanol–water partition coefficient (Wildman–Crippen LogP) is 2.66. The molecule has 0 atom stereocenters. The second kappa shape index (κ2) is 5.96. The first-order chi connectivity index (χ1) is 11.7. The summed E-state index contributed by atoms with van der Waals surface area (Å²) < 4.78 is 13.3. The zero-order chi connectivity index (χ0) is 16.5. The number of rotatable bonds is 2. The quantitative estimate of drug-likeness (QED) is 0.788. The molecule has 1 aromatic carbocycles. The normalized spacial score (nSPS) is 15.0. The molecule has 1 saturated heterocycles. The highest BCUT2D eigenvalue weighted by Gasteiger charge is 2.24. The molecule has 4 rings (SSSR count). The first kappa shape index (κ1) is 14.7. The van der Waals surface area contributed by atoms with Crippen LogP contribution in [0.1, 0.15) is 10.4 Å². The number of hydrogen-bond donors (Lipinski definition) is 1. The van der Waals surface area contributed by atoms with Crippen LogP contribution < -0.4 is 4.90 Å². The second-order valence-electron chi connectivity index (χ2n) is 5.86. The van der Waals surface area contributed by atoms with E-state index in [1.54, 1.807) is 18.5 Å². The van der Waals surface area contributed by atoms with Crippen molar-refractivity contribution < 1.29 is 9.18 Å². The van der Waals surface area contributed by atoms with E-state index in [1.165, 1.54) is 12.1 Å². The highest BCUT2D eigenvalue weighted by atomic mass is 19.1. The molecular formula is C18H17FN4O. The van der Waals surface area contributed by atoms with E-state index in [0.29, 0.717) is 24.2 Å². The fourth-order valence-corrected chi connectivity index (χ4v) is 3.13. The summed E-state index contributed by atoms with van der Waals surface area (Å²) in [6.45, 7) is 2.78. The standard InChI is InChI=1S/C18H17FN4O/c19-13-4-5-14-15(12-21-16(14)11-13)18(24)23-9-7-22(8-10-23)17-3-1-2-6-20-17/h1-6,11-12,21H,7-10H2. The summed E-state index contributed by atoms with van der Waals surface area (Å²) in [7, 11) is 0. The van der Waals surface area contributed by atoms with Crippen molar-refractivity contribution in [3.63, 3.8) is 0 Å². The summed E-state index contributed by atoms with van der Waals surface area (Å²) in [5.41, 5.74) is 1.24. The van der Waals surface area contributed by atoms with Crippen LogP contribution in [0, 0.1) is 5.82 Å². The lowest BCUT2D eigenvalue weighted by molar-refractivity contribution is 0.0748. The van der Waals surface area contributed by atoms with E-state index in [-0.39, 0.29) is 11.7 Å². The second-order valence-corrected chi connectivity index (χ2v) is 5.86. The summed E-state index contributed by atoms with van der Waals surface area (Å²) in [5.74, 6) is 0.605. The molecule has 0 spiro atoms. The maximum atomic E-state index is 13.3. The van der Waals surface area contributed by atoms with Gasteiger partial charge < -0.3 is 14.8 Å². The number of carbonyl (C=O) groups excluding carboxylic acids is 1. The minimum absolute atomic E-state index is 0.0199. The Morgan fingerprint density at radius 2 is 1.96 bits per heavy atom. The van der Waals surface area contributed by atoms with Crippen molar-refractivity contribution in [1.82, 2.24) is 14.9 Å². The zero-order valence-electron chi connectivity index (χ0n) is 13.1. The number of amides is 1. The van der Waals surface area contributed by atoms with Crippen molar-refractivity contribution in [3.05, 3.63) is 60.2 Å². The average Bonchev–Trinajstić information content (AvgIpc) is 3.05. The topological polar surface area (TPSA) is 52.2 Å². The van der Waals surface area contributed by atoms with E-state index in [1.807, 2.05) is 23.1 Å². The van der Waals surface area contributed by atoms with Gasteiger partial charge in [0.05, 0.1) is 5.56 Å². The van der Waals surface area contributed by atoms with Gasteiger partial charge in [-0.15, -0.1) is 0 Å². The molecule has 1 aliphatic heterocycles. The third-order valence-corrected chi connectivity index (χ3v) is 4.41. The Morgan fingerprint density at radius 3 is 2.71 bits per heavy atom. The van der Waals surface area contributed by atoms with Crippen molar-refractivity contribution in [2.24, 2.45) is 0 Å². The van der Waals surface area contributed by atoms with Gasteiger partial charge in [0.25, 0.3) is 5.91 Å². The average molecular weight is 324 g/mol. The summed E-state index contributed by atoms with van der Waals surface area (Å²) in [5, 5.41) is 0.758. The van der Waals surface area contributed by atoms with Gasteiger partial charge in [0.1, 0.15) is 11.6 Å². The number of aromatic nitrogens is 2. The van der Waals surface area contributed by atoms with Gasteiger partial charge in [-0.3, -0.25) is 4.79 Å². The summed E-state index contributed by atoms with van der Waals surface area (Å²) in [4.78, 5) is 24.1. The lowest BCUT2D eigenvalue weighted by atomic mass is 10.1. The number of carbonyl (C=O) groups is 1. The molecule has 0 radical (unpaired) electrons. The fraction of sp³-hybridized carbons (Fsp3) is 0.222. The number of nitrogens with zero attached hydrogens (tertiary/aromatic N) is 3. The SMILES string of the molecule is O=C(c1c[nH]c2cc(F)ccc12)N1CCN(c2ccccn2)CC1. The lowest BCUT2D eigenvalue weighted by Crippen LogP contribution is -2.49. The Balaban J connectivity index is 1.50. The largest absolute Gasteiger partial charge is 0.360 e. The highest BCUT2D eigenvalue weighted by molar-refractivity contribution is 6.06. The Hall–Kier alpha value is -2.89. The number of nitrogens with one attached hydrogen (secondary N) is 1. The van der Waals surface area contributed by atoms with Crippen molar-refractivity contribution in [2.45, 2.75) is 0 Å². The van der Waals surface area contributed by atoms with Crippen LogP contribution in [0.25, 0.3) is 10.9 Å². The first-order valence-electron chi connectivity index (χ1n) is 7.94. The number of pyridine rings is 1. The zero-order valence-corrected chi connectivity index (χ0v) is 13.1. The number of anilines is 1. The number of hydrogen-bond acceptors (Lipinski definition) is 3. The maximum Gasteiger partial charge on any atom is 0.256 e. The smallest absolute Gasteiger partial charge is 0.256 e. The third-order valence-electron chi connectivity index (χ3n) is 4.41. The van der Waals surface area contributed by atoms with Crippen molar-refractivity contribution in [1.29, 1.82) is 0 Å². The van der Waals surface area contributed by atoms with E-state index in [4.69, 9.17) is 0 Å². The minimum atomic E-state index is -0.313. The van der Waals surface area contributed by atoms with Gasteiger partial charge in [0, 0.05) is 49.5 Å². The number of benzene rings is 1. The van der Waals surface area contributed by atoms with E-state index in [9.17, 15) is 9.18 Å². The van der Waals surface area contributed by atoms with Crippen LogP contribution in [0.4, 0.5) is 10.2 Å². The molecule has 1 N–H and O–H groups in total. The van der Waals surface area contributed by atoms with Gasteiger partial charge in [0.15, 0.2) is 0 Å². The Kier molecular flexibility index (Phi) is 3.65. The molecule has 0 bridgehead atoms. The van der Waals surface area contributed by atoms with Gasteiger partial charge in [-0.05, 0) is 30.3 Å². The Labute approximate surface area is 138 Å². The molecule has 1 amide bonds. The van der Waals surface area contributed by atoms with Gasteiger partial charge in [-0.2, -0.15) is 0 Å². The van der Waals surface area contributed by atoms with Crippen LogP contribution in [0.3, 0.4) is 0 Å². The minimum Gasteiger partial charge on any atom is -0.360 e. The van der Waals surface area contributed by atoms with Crippen LogP contribution in [0.5, 0.6) is 0 Å². The van der Waals surface area contributed by atoms with Crippen molar-refractivity contribution >= 4 is 22.6 Å². The van der Waals surface area contributed by atoms with Crippen molar-refractivity contribution in [2.75, 3.05) is 31.1 Å². The molecule has 0 aliphatic carbocycles. The van der Waals surface area contributed by atoms with Crippen LogP contribution in [0.2, 0.25) is 0 Å². The van der Waals surface area contributed by atoms with E-state index < -0.39 is 0 Å². The summed E-state index contributed by atoms with van der Waals surface area (Å²) >= 11 is 0. The lowest BCUT2D eigenvalue weighted by Gasteiger charge is -2.35. The maximum absolute atomic E-state index is 13.3. The molecule has 6 heteroatoms. The number of aromatic amines is 1. The highest BCUT2D eigenvalue weighted by Crippen LogP contribution is 2.22. The van der Waals surface area contributed by atoms with Gasteiger partial charge in [-0.25, -0.2) is 9.37 Å². The van der Waals surface area contributed by atoms with Crippen LogP contribution in [0.15, 0.2) is 48.8 Å².